The van der Waals surface area contributed by atoms with Crippen LogP contribution < -0.4 is 16.9 Å². The minimum atomic E-state index is -0.740. The number of hydrogen-bond donors (Lipinski definition) is 3. The molecule has 0 unspecified atom stereocenters. The van der Waals surface area contributed by atoms with Crippen molar-refractivity contribution in [1.82, 2.24) is 4.98 Å². The quantitative estimate of drug-likeness (QED) is 0.152. The van der Waals surface area contributed by atoms with E-state index < -0.39 is 16.6 Å². The maximum atomic E-state index is 12.5. The summed E-state index contributed by atoms with van der Waals surface area (Å²) in [6.07, 6.45) is -0.379. The van der Waals surface area contributed by atoms with Crippen LogP contribution in [-0.4, -0.2) is 32.3 Å². The lowest BCUT2D eigenvalue weighted by atomic mass is 10.1. The number of anilines is 1. The van der Waals surface area contributed by atoms with Crippen molar-refractivity contribution < 1.29 is 14.5 Å². The highest BCUT2D eigenvalue weighted by Gasteiger charge is 2.22. The number of aromatic nitrogens is 1. The summed E-state index contributed by atoms with van der Waals surface area (Å²) in [5, 5.41) is 17.1. The van der Waals surface area contributed by atoms with E-state index in [1.807, 2.05) is 0 Å². The van der Waals surface area contributed by atoms with Crippen molar-refractivity contribution in [2.75, 3.05) is 5.32 Å². The number of carbonyl (C=O) groups excluding carboxylic acids is 2. The van der Waals surface area contributed by atoms with Gasteiger partial charge >= 0.3 is 0 Å². The largest absolute Gasteiger partial charge is 0.387 e. The number of thiazole rings is 1. The van der Waals surface area contributed by atoms with Crippen molar-refractivity contribution in [3.05, 3.63) is 49.5 Å². The third-order valence-corrected chi connectivity index (χ3v) is 5.24. The summed E-state index contributed by atoms with van der Waals surface area (Å²) in [7, 11) is 0. The summed E-state index contributed by atoms with van der Waals surface area (Å²) in [4.78, 5) is 39.8. The smallest absolute Gasteiger partial charge is 0.272 e. The molecule has 0 fully saturated rings. The van der Waals surface area contributed by atoms with Gasteiger partial charge in [0.15, 0.2) is 10.8 Å². The summed E-state index contributed by atoms with van der Waals surface area (Å²) in [5.74, 6) is 4.11. The van der Waals surface area contributed by atoms with E-state index in [0.717, 1.165) is 11.3 Å². The van der Waals surface area contributed by atoms with Crippen LogP contribution >= 0.6 is 23.6 Å². The zero-order chi connectivity index (χ0) is 21.0. The number of aryl methyl sites for hydroxylation is 2. The molecular formula is C16H16N6O4S2. The van der Waals surface area contributed by atoms with E-state index in [2.05, 4.69) is 15.4 Å². The Balaban J connectivity index is 2.19. The van der Waals surface area contributed by atoms with Gasteiger partial charge in [0.2, 0.25) is 0 Å². The van der Waals surface area contributed by atoms with E-state index in [0.29, 0.717) is 21.1 Å². The number of hydrazone groups is 1. The number of rotatable bonds is 7. The Morgan fingerprint density at radius 3 is 2.61 bits per heavy atom. The van der Waals surface area contributed by atoms with Crippen LogP contribution in [0.5, 0.6) is 0 Å². The van der Waals surface area contributed by atoms with Gasteiger partial charge in [-0.15, -0.1) is 11.3 Å². The molecule has 0 saturated heterocycles. The molecule has 0 aliphatic rings. The van der Waals surface area contributed by atoms with E-state index in [9.17, 15) is 19.7 Å². The lowest BCUT2D eigenvalue weighted by Gasteiger charge is -2.09. The summed E-state index contributed by atoms with van der Waals surface area (Å²) in [6.45, 7) is 3.29. The van der Waals surface area contributed by atoms with Crippen LogP contribution in [0.2, 0.25) is 0 Å². The SMILES string of the molecule is Cc1ccc([N+](=O)[O-])cc1NC(=O)C(CC(=O)c1sc(C(N)=S)nc1C)=NN. The first kappa shape index (κ1) is 21.1. The molecule has 0 aliphatic heterocycles. The minimum Gasteiger partial charge on any atom is -0.387 e. The summed E-state index contributed by atoms with van der Waals surface area (Å²) >= 11 is 5.87. The number of benzene rings is 1. The zero-order valence-corrected chi connectivity index (χ0v) is 16.5. The second-order valence-electron chi connectivity index (χ2n) is 5.68. The highest BCUT2D eigenvalue weighted by molar-refractivity contribution is 7.81. The first-order valence-corrected chi connectivity index (χ1v) is 9.00. The van der Waals surface area contributed by atoms with Crippen molar-refractivity contribution in [3.63, 3.8) is 0 Å². The fraction of sp³-hybridized carbons (Fsp3) is 0.188. The lowest BCUT2D eigenvalue weighted by molar-refractivity contribution is -0.384. The number of nitro groups is 1. The molecule has 28 heavy (non-hydrogen) atoms. The van der Waals surface area contributed by atoms with Gasteiger partial charge in [0.1, 0.15) is 10.7 Å². The second-order valence-corrected chi connectivity index (χ2v) is 7.12. The number of ketones is 1. The van der Waals surface area contributed by atoms with Gasteiger partial charge in [-0.2, -0.15) is 5.10 Å². The van der Waals surface area contributed by atoms with Gasteiger partial charge < -0.3 is 16.9 Å². The molecule has 2 rings (SSSR count). The highest BCUT2D eigenvalue weighted by Crippen LogP contribution is 2.23. The Hall–Kier alpha value is -3.25. The number of nitrogens with zero attached hydrogens (tertiary/aromatic N) is 3. The predicted octanol–water partition coefficient (Wildman–Crippen LogP) is 1.83. The van der Waals surface area contributed by atoms with Crippen molar-refractivity contribution in [2.45, 2.75) is 20.3 Å². The molecular weight excluding hydrogens is 404 g/mol. The van der Waals surface area contributed by atoms with Crippen LogP contribution in [0.25, 0.3) is 0 Å². The first-order chi connectivity index (χ1) is 13.1. The third kappa shape index (κ3) is 4.72. The number of Topliss-reactive ketones (excluding diaryl/α,β-unsaturated/α-hetero) is 1. The zero-order valence-electron chi connectivity index (χ0n) is 14.9. The fourth-order valence-electron chi connectivity index (χ4n) is 2.23. The normalized spacial score (nSPS) is 11.1. The summed E-state index contributed by atoms with van der Waals surface area (Å²) in [5.41, 5.74) is 6.35. The van der Waals surface area contributed by atoms with Crippen molar-refractivity contribution >= 4 is 57.3 Å². The molecule has 5 N–H and O–H groups in total. The summed E-state index contributed by atoms with van der Waals surface area (Å²) in [6, 6.07) is 4.03. The van der Waals surface area contributed by atoms with Crippen LogP contribution in [0, 0.1) is 24.0 Å². The maximum Gasteiger partial charge on any atom is 0.272 e. The van der Waals surface area contributed by atoms with Gasteiger partial charge in [-0.05, 0) is 19.4 Å². The molecule has 146 valence electrons. The number of nitrogens with one attached hydrogen (secondary N) is 1. The number of thiocarbonyl (C=S) groups is 1. The highest BCUT2D eigenvalue weighted by atomic mass is 32.1. The number of non-ortho nitro benzene ring substituents is 1. The van der Waals surface area contributed by atoms with Gasteiger partial charge in [0.05, 0.1) is 27.6 Å². The Labute approximate surface area is 168 Å². The second kappa shape index (κ2) is 8.63. The number of hydrogen-bond acceptors (Lipinski definition) is 9. The van der Waals surface area contributed by atoms with Crippen molar-refractivity contribution in [3.8, 4) is 0 Å². The maximum absolute atomic E-state index is 12.5. The van der Waals surface area contributed by atoms with E-state index in [1.165, 1.54) is 18.2 Å². The molecule has 0 atom stereocenters. The molecule has 12 heteroatoms. The number of nitrogens with two attached hydrogens (primary N) is 2. The van der Waals surface area contributed by atoms with E-state index in [-0.39, 0.29) is 28.5 Å². The molecule has 0 aliphatic carbocycles. The molecule has 0 saturated carbocycles. The van der Waals surface area contributed by atoms with Crippen LogP contribution in [-0.2, 0) is 4.79 Å². The molecule has 10 nitrogen and oxygen atoms in total. The standard InChI is InChI=1S/C16H16N6O4S2/c1-7-3-4-9(22(25)26)5-10(7)20-15(24)11(21-18)6-12(23)13-8(2)19-16(28-13)14(17)27/h3-5H,6,18H2,1-2H3,(H2,17,27)(H,20,24). The first-order valence-electron chi connectivity index (χ1n) is 7.77. The van der Waals surface area contributed by atoms with Crippen molar-refractivity contribution in [1.29, 1.82) is 0 Å². The van der Waals surface area contributed by atoms with Gasteiger partial charge in [0.25, 0.3) is 11.6 Å². The van der Waals surface area contributed by atoms with Crippen LogP contribution in [0.4, 0.5) is 11.4 Å². The average Bonchev–Trinajstić information content (AvgIpc) is 3.03. The number of carbonyl (C=O) groups is 2. The number of amides is 1. The Bertz CT molecular complexity index is 1010. The topological polar surface area (TPSA) is 167 Å². The van der Waals surface area contributed by atoms with Gasteiger partial charge in [-0.25, -0.2) is 4.98 Å². The summed E-state index contributed by atoms with van der Waals surface area (Å²) < 4.78 is 0. The molecule has 0 bridgehead atoms. The van der Waals surface area contributed by atoms with E-state index in [1.54, 1.807) is 13.8 Å². The van der Waals surface area contributed by atoms with E-state index >= 15 is 0 Å². The van der Waals surface area contributed by atoms with Crippen LogP contribution in [0.3, 0.4) is 0 Å². The van der Waals surface area contributed by atoms with Crippen molar-refractivity contribution in [2.24, 2.45) is 16.7 Å². The minimum absolute atomic E-state index is 0.0683. The molecule has 0 radical (unpaired) electrons. The van der Waals surface area contributed by atoms with Crippen LogP contribution in [0.15, 0.2) is 23.3 Å². The molecule has 1 heterocycles. The Morgan fingerprint density at radius 2 is 2.07 bits per heavy atom. The molecule has 1 amide bonds. The lowest BCUT2D eigenvalue weighted by Crippen LogP contribution is -2.27. The molecule has 2 aromatic rings. The average molecular weight is 420 g/mol. The van der Waals surface area contributed by atoms with Gasteiger partial charge in [-0.3, -0.25) is 19.7 Å². The fourth-order valence-corrected chi connectivity index (χ4v) is 3.26. The third-order valence-electron chi connectivity index (χ3n) is 3.69. The monoisotopic (exact) mass is 420 g/mol. The Morgan fingerprint density at radius 1 is 1.39 bits per heavy atom. The predicted molar refractivity (Wildman–Crippen MR) is 110 cm³/mol. The molecule has 1 aromatic carbocycles. The van der Waals surface area contributed by atoms with Gasteiger partial charge in [-0.1, -0.05) is 18.3 Å². The van der Waals surface area contributed by atoms with E-state index in [4.69, 9.17) is 23.8 Å². The van der Waals surface area contributed by atoms with Gasteiger partial charge in [0, 0.05) is 12.1 Å². The Kier molecular flexibility index (Phi) is 6.49. The van der Waals surface area contributed by atoms with Crippen LogP contribution in [0.1, 0.15) is 32.4 Å². The molecule has 1 aromatic heterocycles. The molecule has 0 spiro atoms. The number of nitro benzene ring substituents is 1.